The van der Waals surface area contributed by atoms with Crippen LogP contribution in [0.25, 0.3) is 49.9 Å². The number of nitrogens with zero attached hydrogens (tertiary/aromatic N) is 4. The van der Waals surface area contributed by atoms with Crippen molar-refractivity contribution in [2.75, 3.05) is 16.5 Å². The first-order valence-electron chi connectivity index (χ1n) is 26.6. The molecule has 0 spiro atoms. The number of anilines is 4. The maximum absolute atomic E-state index is 8.86. The average Bonchev–Trinajstić information content (AvgIpc) is 3.97. The molecule has 0 unspecified atom stereocenters. The molecule has 358 valence electrons. The second kappa shape index (κ2) is 17.8. The van der Waals surface area contributed by atoms with Crippen molar-refractivity contribution in [1.82, 2.24) is 9.55 Å². The van der Waals surface area contributed by atoms with Crippen molar-refractivity contribution in [1.29, 1.82) is 0 Å². The predicted octanol–water partition coefficient (Wildman–Crippen LogP) is 18.1. The minimum atomic E-state index is -2.37. The van der Waals surface area contributed by atoms with Gasteiger partial charge in [0.2, 0.25) is 0 Å². The summed E-state index contributed by atoms with van der Waals surface area (Å²) in [5, 5.41) is 2.11. The van der Waals surface area contributed by atoms with Crippen LogP contribution in [0, 0.1) is 13.8 Å². The van der Waals surface area contributed by atoms with E-state index in [0.717, 1.165) is 72.2 Å². The molecule has 0 amide bonds. The Morgan fingerprint density at radius 2 is 1.12 bits per heavy atom. The molecule has 1 aliphatic heterocycles. The largest absolute Gasteiger partial charge is 0.457 e. The maximum atomic E-state index is 8.86. The fraction of sp³-hybridized carbons (Fsp3) is 0.209. The topological polar surface area (TPSA) is 33.5 Å². The van der Waals surface area contributed by atoms with E-state index in [1.807, 2.05) is 61.5 Å². The molecular formula is C67H64N4O. The number of fused-ring (bicyclic) bond motifs is 4. The van der Waals surface area contributed by atoms with Crippen molar-refractivity contribution in [3.63, 3.8) is 0 Å². The van der Waals surface area contributed by atoms with E-state index < -0.39 is 12.3 Å². The van der Waals surface area contributed by atoms with Crippen LogP contribution >= 0.6 is 0 Å². The number of aromatic nitrogens is 2. The lowest BCUT2D eigenvalue weighted by Crippen LogP contribution is -2.25. The van der Waals surface area contributed by atoms with Gasteiger partial charge in [0, 0.05) is 50.0 Å². The van der Waals surface area contributed by atoms with Crippen LogP contribution in [0.3, 0.4) is 0 Å². The highest BCUT2D eigenvalue weighted by molar-refractivity contribution is 6.11. The summed E-state index contributed by atoms with van der Waals surface area (Å²) in [4.78, 5) is 9.82. The Bertz CT molecular complexity index is 3750. The lowest BCUT2D eigenvalue weighted by Gasteiger charge is -2.29. The number of rotatable bonds is 9. The highest BCUT2D eigenvalue weighted by atomic mass is 16.5. The van der Waals surface area contributed by atoms with Gasteiger partial charge in [-0.1, -0.05) is 159 Å². The molecule has 0 saturated heterocycles. The molecule has 0 fully saturated rings. The molecule has 2 aromatic heterocycles. The van der Waals surface area contributed by atoms with Gasteiger partial charge < -0.3 is 14.5 Å². The Hall–Kier alpha value is -7.89. The smallest absolute Gasteiger partial charge is 0.138 e. The standard InChI is InChI=1S/C67H64N4O/c1-44-34-52(67(9,10)49-22-15-12-16-23-49)35-45(2)64(44)48-32-33-68-63(37-48)71-59-31-28-47(46-20-13-11-14-21-46)36-58(59)57-30-29-56(42-62(57)71)72-55-25-19-24-53(41-55)69-43-70(61-27-18-17-26-60(61)69)54-39-50(65(3,4)5)38-51(40-54)66(6,7)8/h11-42H,43H2,1-10H3/i1D3. The number of hydrogen-bond donors (Lipinski definition) is 0. The van der Waals surface area contributed by atoms with Gasteiger partial charge in [-0.25, -0.2) is 4.98 Å². The van der Waals surface area contributed by atoms with Gasteiger partial charge in [0.1, 0.15) is 24.0 Å². The molecule has 0 bridgehead atoms. The Morgan fingerprint density at radius 3 is 1.82 bits per heavy atom. The van der Waals surface area contributed by atoms with Gasteiger partial charge in [0.25, 0.3) is 0 Å². The summed E-state index contributed by atoms with van der Waals surface area (Å²) >= 11 is 0. The molecule has 5 heteroatoms. The minimum absolute atomic E-state index is 0.0119. The molecular weight excluding hydrogens is 877 g/mol. The van der Waals surface area contributed by atoms with Gasteiger partial charge in [0.05, 0.1) is 22.4 Å². The molecule has 8 aromatic carbocycles. The highest BCUT2D eigenvalue weighted by Gasteiger charge is 2.31. The zero-order valence-corrected chi connectivity index (χ0v) is 42.9. The number of ether oxygens (including phenoxy) is 1. The number of pyridine rings is 1. The second-order valence-electron chi connectivity index (χ2n) is 22.1. The third-order valence-electron chi connectivity index (χ3n) is 14.7. The molecule has 0 saturated carbocycles. The monoisotopic (exact) mass is 944 g/mol. The zero-order valence-electron chi connectivity index (χ0n) is 45.9. The summed E-state index contributed by atoms with van der Waals surface area (Å²) in [5.74, 6) is 2.06. The lowest BCUT2D eigenvalue weighted by atomic mass is 9.76. The van der Waals surface area contributed by atoms with Gasteiger partial charge in [-0.2, -0.15) is 0 Å². The molecule has 1 aliphatic rings. The molecule has 72 heavy (non-hydrogen) atoms. The summed E-state index contributed by atoms with van der Waals surface area (Å²) in [7, 11) is 0. The van der Waals surface area contributed by atoms with E-state index in [0.29, 0.717) is 35.1 Å². The van der Waals surface area contributed by atoms with Gasteiger partial charge >= 0.3 is 0 Å². The molecule has 0 N–H and O–H groups in total. The minimum Gasteiger partial charge on any atom is -0.457 e. The molecule has 11 rings (SSSR count). The van der Waals surface area contributed by atoms with Crippen LogP contribution in [-0.4, -0.2) is 16.2 Å². The van der Waals surface area contributed by atoms with Crippen molar-refractivity contribution in [3.05, 3.63) is 228 Å². The van der Waals surface area contributed by atoms with Gasteiger partial charge in [-0.15, -0.1) is 0 Å². The summed E-state index contributed by atoms with van der Waals surface area (Å²) < 4.78 is 35.6. The van der Waals surface area contributed by atoms with E-state index in [4.69, 9.17) is 13.8 Å². The van der Waals surface area contributed by atoms with Crippen molar-refractivity contribution >= 4 is 44.6 Å². The Labute approximate surface area is 430 Å². The Kier molecular flexibility index (Phi) is 10.6. The van der Waals surface area contributed by atoms with Crippen molar-refractivity contribution < 1.29 is 8.85 Å². The number of benzene rings is 8. The van der Waals surface area contributed by atoms with Gasteiger partial charge in [0.15, 0.2) is 0 Å². The Balaban J connectivity index is 0.991. The summed E-state index contributed by atoms with van der Waals surface area (Å²) in [6.45, 7) is 18.3. The highest BCUT2D eigenvalue weighted by Crippen LogP contribution is 2.47. The number of para-hydroxylation sites is 2. The van der Waals surface area contributed by atoms with Crippen molar-refractivity contribution in [3.8, 4) is 39.6 Å². The van der Waals surface area contributed by atoms with E-state index in [2.05, 4.69) is 203 Å². The van der Waals surface area contributed by atoms with Gasteiger partial charge in [-0.3, -0.25) is 4.57 Å². The first-order chi connectivity index (χ1) is 35.7. The van der Waals surface area contributed by atoms with Crippen LogP contribution in [-0.2, 0) is 16.2 Å². The van der Waals surface area contributed by atoms with Crippen LogP contribution in [0.4, 0.5) is 22.7 Å². The quantitative estimate of drug-likeness (QED) is 0.144. The molecule has 0 radical (unpaired) electrons. The maximum Gasteiger partial charge on any atom is 0.138 e. The predicted molar refractivity (Wildman–Crippen MR) is 303 cm³/mol. The van der Waals surface area contributed by atoms with Crippen LogP contribution in [0.5, 0.6) is 11.5 Å². The second-order valence-corrected chi connectivity index (χ2v) is 22.1. The van der Waals surface area contributed by atoms with Crippen LogP contribution in [0.15, 0.2) is 194 Å². The van der Waals surface area contributed by atoms with Crippen molar-refractivity contribution in [2.24, 2.45) is 0 Å². The fourth-order valence-electron chi connectivity index (χ4n) is 10.5. The third-order valence-corrected chi connectivity index (χ3v) is 14.7. The van der Waals surface area contributed by atoms with E-state index in [-0.39, 0.29) is 10.8 Å². The lowest BCUT2D eigenvalue weighted by molar-refractivity contribution is 0.483. The molecule has 0 aliphatic carbocycles. The van der Waals surface area contributed by atoms with E-state index in [9.17, 15) is 0 Å². The van der Waals surface area contributed by atoms with Crippen LogP contribution < -0.4 is 14.5 Å². The van der Waals surface area contributed by atoms with Crippen molar-refractivity contribution in [2.45, 2.75) is 85.4 Å². The zero-order chi connectivity index (χ0) is 52.6. The average molecular weight is 944 g/mol. The van der Waals surface area contributed by atoms with Gasteiger partial charge in [-0.05, 0) is 153 Å². The molecule has 5 nitrogen and oxygen atoms in total. The SMILES string of the molecule is [2H]C([2H])([2H])c1cc(C(C)(C)c2ccccc2)cc(C)c1-c1ccnc(-n2c3ccc(-c4ccccc4)cc3c3ccc(Oc4cccc(N5CN(c6cc(C(C)(C)C)cc(C(C)(C)C)c6)c6ccccc65)c4)cc32)c1. The van der Waals surface area contributed by atoms with Crippen LogP contribution in [0.1, 0.15) is 92.9 Å². The normalized spacial score (nSPS) is 13.8. The molecule has 10 aromatic rings. The first kappa shape index (κ1) is 42.9. The Morgan fingerprint density at radius 1 is 0.472 bits per heavy atom. The number of hydrogen-bond acceptors (Lipinski definition) is 4. The third kappa shape index (κ3) is 8.51. The van der Waals surface area contributed by atoms with E-state index in [1.54, 1.807) is 6.20 Å². The first-order valence-corrected chi connectivity index (χ1v) is 25.1. The molecule has 3 heterocycles. The molecule has 0 atom stereocenters. The fourth-order valence-corrected chi connectivity index (χ4v) is 10.5. The number of aryl methyl sites for hydroxylation is 2. The summed E-state index contributed by atoms with van der Waals surface area (Å²) in [5.41, 5.74) is 15.6. The van der Waals surface area contributed by atoms with E-state index >= 15 is 0 Å². The van der Waals surface area contributed by atoms with Crippen LogP contribution in [0.2, 0.25) is 0 Å². The summed E-state index contributed by atoms with van der Waals surface area (Å²) in [6, 6.07) is 65.7. The summed E-state index contributed by atoms with van der Waals surface area (Å²) in [6.07, 6.45) is 1.79. The van der Waals surface area contributed by atoms with E-state index in [1.165, 1.54) is 16.8 Å².